The number of aryl methyl sites for hydroxylation is 1. The van der Waals surface area contributed by atoms with Gasteiger partial charge in [-0.2, -0.15) is 0 Å². The summed E-state index contributed by atoms with van der Waals surface area (Å²) in [6.45, 7) is 8.20. The second kappa shape index (κ2) is 5.55. The molecule has 0 radical (unpaired) electrons. The van der Waals surface area contributed by atoms with E-state index in [0.717, 1.165) is 18.8 Å². The normalized spacial score (nSPS) is 11.8. The van der Waals surface area contributed by atoms with Crippen molar-refractivity contribution in [3.05, 3.63) is 35.2 Å². The summed E-state index contributed by atoms with van der Waals surface area (Å²) in [6.07, 6.45) is 4.07. The second-order valence-corrected chi connectivity index (χ2v) is 3.50. The molecule has 1 rings (SSSR count). The van der Waals surface area contributed by atoms with Crippen molar-refractivity contribution in [1.29, 1.82) is 0 Å². The highest BCUT2D eigenvalue weighted by Gasteiger charge is 1.91. The number of hydrogen-bond donors (Lipinski definition) is 1. The number of rotatable bonds is 4. The van der Waals surface area contributed by atoms with Gasteiger partial charge in [-0.25, -0.2) is 0 Å². The maximum atomic E-state index is 4.25. The first kappa shape index (κ1) is 10.9. The van der Waals surface area contributed by atoms with Gasteiger partial charge in [0.1, 0.15) is 0 Å². The van der Waals surface area contributed by atoms with E-state index in [1.165, 1.54) is 11.1 Å². The molecule has 1 aromatic rings. The summed E-state index contributed by atoms with van der Waals surface area (Å²) in [4.78, 5) is 4.25. The third-order valence-corrected chi connectivity index (χ3v) is 2.00. The molecule has 0 fully saturated rings. The second-order valence-electron chi connectivity index (χ2n) is 3.50. The Kier molecular flexibility index (Phi) is 4.33. The highest BCUT2D eigenvalue weighted by Crippen LogP contribution is 2.05. The average Bonchev–Trinajstić information content (AvgIpc) is 2.18. The Morgan fingerprint density at radius 2 is 2.29 bits per heavy atom. The van der Waals surface area contributed by atoms with E-state index in [9.17, 15) is 0 Å². The lowest BCUT2D eigenvalue weighted by Gasteiger charge is -2.01. The van der Waals surface area contributed by atoms with Crippen LogP contribution in [0.1, 0.15) is 25.1 Å². The van der Waals surface area contributed by atoms with Gasteiger partial charge in [0.15, 0.2) is 0 Å². The van der Waals surface area contributed by atoms with Crippen molar-refractivity contribution in [2.75, 3.05) is 13.1 Å². The first-order chi connectivity index (χ1) is 6.72. The zero-order valence-electron chi connectivity index (χ0n) is 9.17. The molecule has 0 amide bonds. The van der Waals surface area contributed by atoms with E-state index in [-0.39, 0.29) is 0 Å². The number of likely N-dealkylation sites (N-methyl/N-ethyl adjacent to an activating group) is 1. The minimum Gasteiger partial charge on any atom is -0.313 e. The summed E-state index contributed by atoms with van der Waals surface area (Å²) in [5.74, 6) is 0. The fraction of sp³-hybridized carbons (Fsp3) is 0.417. The molecule has 0 saturated carbocycles. The van der Waals surface area contributed by atoms with Crippen molar-refractivity contribution in [2.45, 2.75) is 20.8 Å². The lowest BCUT2D eigenvalue weighted by atomic mass is 10.2. The van der Waals surface area contributed by atoms with E-state index < -0.39 is 0 Å². The van der Waals surface area contributed by atoms with Crippen LogP contribution >= 0.6 is 0 Å². The molecule has 0 saturated heterocycles. The van der Waals surface area contributed by atoms with Crippen molar-refractivity contribution < 1.29 is 0 Å². The van der Waals surface area contributed by atoms with Gasteiger partial charge in [-0.05, 0) is 32.0 Å². The Morgan fingerprint density at radius 1 is 1.50 bits per heavy atom. The lowest BCUT2D eigenvalue weighted by Crippen LogP contribution is -2.14. The highest BCUT2D eigenvalue weighted by molar-refractivity contribution is 5.51. The van der Waals surface area contributed by atoms with Gasteiger partial charge < -0.3 is 5.32 Å². The van der Waals surface area contributed by atoms with E-state index in [1.807, 2.05) is 19.2 Å². The van der Waals surface area contributed by atoms with E-state index in [0.29, 0.717) is 0 Å². The minimum absolute atomic E-state index is 0.949. The van der Waals surface area contributed by atoms with Crippen molar-refractivity contribution in [1.82, 2.24) is 10.3 Å². The summed E-state index contributed by atoms with van der Waals surface area (Å²) in [5.41, 5.74) is 3.56. The molecule has 0 aliphatic carbocycles. The molecule has 0 spiro atoms. The predicted molar refractivity (Wildman–Crippen MR) is 61.2 cm³/mol. The number of nitrogens with zero attached hydrogens (tertiary/aromatic N) is 1. The first-order valence-corrected chi connectivity index (χ1v) is 5.03. The van der Waals surface area contributed by atoms with Crippen LogP contribution in [0.15, 0.2) is 23.9 Å². The van der Waals surface area contributed by atoms with Gasteiger partial charge in [0.25, 0.3) is 0 Å². The van der Waals surface area contributed by atoms with Crippen molar-refractivity contribution in [3.8, 4) is 0 Å². The molecule has 0 atom stereocenters. The molecule has 2 nitrogen and oxygen atoms in total. The van der Waals surface area contributed by atoms with Crippen LogP contribution in [-0.2, 0) is 0 Å². The molecular formula is C12H18N2. The molecular weight excluding hydrogens is 172 g/mol. The SMILES string of the molecule is CCNC/C(C)=C/c1ccc(C)nc1. The molecule has 0 aliphatic rings. The number of nitrogens with one attached hydrogen (secondary N) is 1. The largest absolute Gasteiger partial charge is 0.313 e. The molecule has 1 aromatic heterocycles. The molecule has 0 bridgehead atoms. The molecule has 0 unspecified atom stereocenters. The fourth-order valence-electron chi connectivity index (χ4n) is 1.22. The van der Waals surface area contributed by atoms with Crippen molar-refractivity contribution in [3.63, 3.8) is 0 Å². The molecule has 1 N–H and O–H groups in total. The van der Waals surface area contributed by atoms with Gasteiger partial charge in [-0.15, -0.1) is 0 Å². The Bertz CT molecular complexity index is 299. The Balaban J connectivity index is 2.61. The third kappa shape index (κ3) is 3.71. The van der Waals surface area contributed by atoms with Gasteiger partial charge in [-0.3, -0.25) is 4.98 Å². The molecule has 0 aromatic carbocycles. The fourth-order valence-corrected chi connectivity index (χ4v) is 1.22. The summed E-state index contributed by atoms with van der Waals surface area (Å²) in [5, 5.41) is 3.29. The zero-order valence-corrected chi connectivity index (χ0v) is 9.17. The zero-order chi connectivity index (χ0) is 10.4. The van der Waals surface area contributed by atoms with E-state index >= 15 is 0 Å². The summed E-state index contributed by atoms with van der Waals surface area (Å²) in [6, 6.07) is 4.13. The van der Waals surface area contributed by atoms with Crippen molar-refractivity contribution in [2.24, 2.45) is 0 Å². The van der Waals surface area contributed by atoms with E-state index in [1.54, 1.807) is 0 Å². The first-order valence-electron chi connectivity index (χ1n) is 5.03. The van der Waals surface area contributed by atoms with Crippen LogP contribution in [-0.4, -0.2) is 18.1 Å². The van der Waals surface area contributed by atoms with Crippen molar-refractivity contribution >= 4 is 6.08 Å². The average molecular weight is 190 g/mol. The Labute approximate surface area is 86.1 Å². The van der Waals surface area contributed by atoms with E-state index in [2.05, 4.69) is 36.3 Å². The summed E-state index contributed by atoms with van der Waals surface area (Å²) >= 11 is 0. The Morgan fingerprint density at radius 3 is 2.86 bits per heavy atom. The van der Waals surface area contributed by atoms with Crippen LogP contribution in [0, 0.1) is 6.92 Å². The maximum absolute atomic E-state index is 4.25. The van der Waals surface area contributed by atoms with Gasteiger partial charge in [0, 0.05) is 18.4 Å². The Hall–Kier alpha value is -1.15. The smallest absolute Gasteiger partial charge is 0.0373 e. The molecule has 1 heterocycles. The van der Waals surface area contributed by atoms with Gasteiger partial charge in [-0.1, -0.05) is 24.6 Å². The highest BCUT2D eigenvalue weighted by atomic mass is 14.8. The molecule has 76 valence electrons. The van der Waals surface area contributed by atoms with Crippen LogP contribution in [0.2, 0.25) is 0 Å². The standard InChI is InChI=1S/C12H18N2/c1-4-13-8-10(2)7-12-6-5-11(3)14-9-12/h5-7,9,13H,4,8H2,1-3H3/b10-7+. The third-order valence-electron chi connectivity index (χ3n) is 2.00. The van der Waals surface area contributed by atoms with Crippen LogP contribution in [0.5, 0.6) is 0 Å². The van der Waals surface area contributed by atoms with Gasteiger partial charge >= 0.3 is 0 Å². The maximum Gasteiger partial charge on any atom is 0.0373 e. The topological polar surface area (TPSA) is 24.9 Å². The molecule has 14 heavy (non-hydrogen) atoms. The lowest BCUT2D eigenvalue weighted by molar-refractivity contribution is 0.778. The van der Waals surface area contributed by atoms with Gasteiger partial charge in [0.2, 0.25) is 0 Å². The minimum atomic E-state index is 0.949. The summed E-state index contributed by atoms with van der Waals surface area (Å²) in [7, 11) is 0. The molecule has 0 aliphatic heterocycles. The number of pyridine rings is 1. The van der Waals surface area contributed by atoms with E-state index in [4.69, 9.17) is 0 Å². The number of aromatic nitrogens is 1. The monoisotopic (exact) mass is 190 g/mol. The van der Waals surface area contributed by atoms with Crippen LogP contribution in [0.25, 0.3) is 6.08 Å². The molecule has 2 heteroatoms. The quantitative estimate of drug-likeness (QED) is 0.788. The van der Waals surface area contributed by atoms with Crippen LogP contribution < -0.4 is 5.32 Å². The predicted octanol–water partition coefficient (Wildman–Crippen LogP) is 2.40. The van der Waals surface area contributed by atoms with Crippen LogP contribution in [0.4, 0.5) is 0 Å². The number of hydrogen-bond acceptors (Lipinski definition) is 2. The summed E-state index contributed by atoms with van der Waals surface area (Å²) < 4.78 is 0. The van der Waals surface area contributed by atoms with Gasteiger partial charge in [0.05, 0.1) is 0 Å². The van der Waals surface area contributed by atoms with Crippen LogP contribution in [0.3, 0.4) is 0 Å².